The lowest BCUT2D eigenvalue weighted by Crippen LogP contribution is -2.44. The highest BCUT2D eigenvalue weighted by atomic mass is 35.5. The molecule has 2 heterocycles. The van der Waals surface area contributed by atoms with E-state index in [1.807, 2.05) is 0 Å². The van der Waals surface area contributed by atoms with Crippen LogP contribution in [0.25, 0.3) is 11.0 Å². The second kappa shape index (κ2) is 5.14. The molecule has 2 N–H and O–H groups in total. The zero-order valence-corrected chi connectivity index (χ0v) is 12.1. The van der Waals surface area contributed by atoms with E-state index in [1.165, 1.54) is 30.5 Å². The van der Waals surface area contributed by atoms with Gasteiger partial charge in [-0.25, -0.2) is 0 Å². The molecule has 3 rings (SSSR count). The molecule has 0 aliphatic heterocycles. The van der Waals surface area contributed by atoms with Crippen LogP contribution in [0.4, 0.5) is 13.2 Å². The van der Waals surface area contributed by atoms with Gasteiger partial charge in [0.25, 0.3) is 5.60 Å². The lowest BCUT2D eigenvalue weighted by atomic mass is 9.95. The number of benzene rings is 1. The van der Waals surface area contributed by atoms with Crippen LogP contribution in [0.1, 0.15) is 11.5 Å². The second-order valence-electron chi connectivity index (χ2n) is 4.91. The number of aromatic nitrogens is 1. The average Bonchev–Trinajstić information content (AvgIpc) is 3.00. The molecule has 2 aromatic heterocycles. The Balaban J connectivity index is 2.32. The first-order valence-electron chi connectivity index (χ1n) is 6.40. The van der Waals surface area contributed by atoms with Crippen molar-refractivity contribution >= 4 is 22.6 Å². The van der Waals surface area contributed by atoms with Crippen molar-refractivity contribution in [1.82, 2.24) is 4.98 Å². The van der Waals surface area contributed by atoms with Crippen LogP contribution in [0.2, 0.25) is 5.02 Å². The molecule has 8 heteroatoms. The van der Waals surface area contributed by atoms with Gasteiger partial charge in [-0.2, -0.15) is 13.2 Å². The molecule has 0 aliphatic rings. The second-order valence-corrected chi connectivity index (χ2v) is 5.34. The maximum Gasteiger partial charge on any atom is 0.430 e. The molecule has 0 radical (unpaired) electrons. The third-order valence-corrected chi connectivity index (χ3v) is 3.68. The van der Waals surface area contributed by atoms with E-state index in [0.29, 0.717) is 6.07 Å². The predicted molar refractivity (Wildman–Crippen MR) is 77.3 cm³/mol. The fourth-order valence-corrected chi connectivity index (χ4v) is 2.46. The van der Waals surface area contributed by atoms with Gasteiger partial charge in [0, 0.05) is 17.3 Å². The zero-order valence-electron chi connectivity index (χ0n) is 11.3. The molecule has 0 saturated carbocycles. The van der Waals surface area contributed by atoms with Crippen LogP contribution < -0.4 is 5.43 Å². The number of hydrogen-bond donors (Lipinski definition) is 2. The minimum absolute atomic E-state index is 0.0252. The van der Waals surface area contributed by atoms with Crippen LogP contribution in [-0.4, -0.2) is 16.3 Å². The third kappa shape index (κ3) is 2.42. The summed E-state index contributed by atoms with van der Waals surface area (Å²) in [5, 5.41) is 10.6. The lowest BCUT2D eigenvalue weighted by molar-refractivity contribution is -0.255. The monoisotopic (exact) mass is 343 g/mol. The SMILES string of the molecule is O=c1cc(C(O)(c2ccc[nH]2)C(F)(F)F)oc2ccc(Cl)cc12. The average molecular weight is 344 g/mol. The van der Waals surface area contributed by atoms with Gasteiger partial charge in [-0.15, -0.1) is 0 Å². The Morgan fingerprint density at radius 1 is 1.17 bits per heavy atom. The summed E-state index contributed by atoms with van der Waals surface area (Å²) in [6, 6.07) is 6.90. The Kier molecular flexibility index (Phi) is 3.50. The van der Waals surface area contributed by atoms with Crippen LogP contribution in [-0.2, 0) is 5.60 Å². The molecule has 3 aromatic rings. The molecule has 0 spiro atoms. The first kappa shape index (κ1) is 15.6. The number of fused-ring (bicyclic) bond motifs is 1. The number of aliphatic hydroxyl groups is 1. The number of aromatic amines is 1. The number of hydrogen-bond acceptors (Lipinski definition) is 3. The van der Waals surface area contributed by atoms with E-state index >= 15 is 0 Å². The molecular formula is C15H9ClF3NO3. The molecule has 0 amide bonds. The van der Waals surface area contributed by atoms with E-state index in [0.717, 1.165) is 6.07 Å². The number of rotatable bonds is 2. The molecule has 0 bridgehead atoms. The summed E-state index contributed by atoms with van der Waals surface area (Å²) in [5.74, 6) is -0.924. The van der Waals surface area contributed by atoms with Crippen molar-refractivity contribution in [2.45, 2.75) is 11.8 Å². The Labute approximate surface area is 132 Å². The van der Waals surface area contributed by atoms with Crippen molar-refractivity contribution in [1.29, 1.82) is 0 Å². The Morgan fingerprint density at radius 3 is 2.52 bits per heavy atom. The van der Waals surface area contributed by atoms with Gasteiger partial charge in [0.1, 0.15) is 5.58 Å². The first-order valence-corrected chi connectivity index (χ1v) is 6.78. The van der Waals surface area contributed by atoms with Crippen molar-refractivity contribution in [3.05, 3.63) is 69.3 Å². The molecule has 0 aliphatic carbocycles. The Bertz CT molecular complexity index is 918. The highest BCUT2D eigenvalue weighted by Gasteiger charge is 2.59. The highest BCUT2D eigenvalue weighted by molar-refractivity contribution is 6.31. The summed E-state index contributed by atoms with van der Waals surface area (Å²) >= 11 is 5.76. The van der Waals surface area contributed by atoms with Crippen molar-refractivity contribution in [2.75, 3.05) is 0 Å². The van der Waals surface area contributed by atoms with Crippen LogP contribution >= 0.6 is 11.6 Å². The van der Waals surface area contributed by atoms with Crippen molar-refractivity contribution in [2.24, 2.45) is 0 Å². The number of halogens is 4. The van der Waals surface area contributed by atoms with E-state index < -0.39 is 28.7 Å². The molecule has 1 aromatic carbocycles. The minimum Gasteiger partial charge on any atom is -0.457 e. The van der Waals surface area contributed by atoms with Gasteiger partial charge in [-0.05, 0) is 30.3 Å². The highest BCUT2D eigenvalue weighted by Crippen LogP contribution is 2.43. The van der Waals surface area contributed by atoms with Gasteiger partial charge in [0.15, 0.2) is 11.2 Å². The van der Waals surface area contributed by atoms with Crippen LogP contribution in [0.15, 0.2) is 51.8 Å². The number of H-pyrrole nitrogens is 1. The van der Waals surface area contributed by atoms with E-state index in [1.54, 1.807) is 0 Å². The van der Waals surface area contributed by atoms with E-state index in [2.05, 4.69) is 4.98 Å². The van der Waals surface area contributed by atoms with E-state index in [9.17, 15) is 23.1 Å². The topological polar surface area (TPSA) is 66.2 Å². The Morgan fingerprint density at radius 2 is 1.91 bits per heavy atom. The van der Waals surface area contributed by atoms with Crippen molar-refractivity contribution < 1.29 is 22.7 Å². The van der Waals surface area contributed by atoms with Gasteiger partial charge < -0.3 is 14.5 Å². The van der Waals surface area contributed by atoms with Gasteiger partial charge in [0.2, 0.25) is 0 Å². The van der Waals surface area contributed by atoms with Gasteiger partial charge in [-0.1, -0.05) is 11.6 Å². The lowest BCUT2D eigenvalue weighted by Gasteiger charge is -2.28. The molecule has 1 unspecified atom stereocenters. The summed E-state index contributed by atoms with van der Waals surface area (Å²) in [6.07, 6.45) is -3.88. The van der Waals surface area contributed by atoms with Crippen molar-refractivity contribution in [3.8, 4) is 0 Å². The summed E-state index contributed by atoms with van der Waals surface area (Å²) in [6.45, 7) is 0. The normalized spacial score (nSPS) is 14.8. The number of nitrogens with one attached hydrogen (secondary N) is 1. The fourth-order valence-electron chi connectivity index (χ4n) is 2.29. The predicted octanol–water partition coefficient (Wildman–Crippen LogP) is 3.57. The van der Waals surface area contributed by atoms with E-state index in [-0.39, 0.29) is 16.0 Å². The van der Waals surface area contributed by atoms with Gasteiger partial charge in [-0.3, -0.25) is 4.79 Å². The smallest absolute Gasteiger partial charge is 0.430 e. The molecule has 23 heavy (non-hydrogen) atoms. The molecule has 0 saturated heterocycles. The molecule has 4 nitrogen and oxygen atoms in total. The largest absolute Gasteiger partial charge is 0.457 e. The molecule has 0 fully saturated rings. The quantitative estimate of drug-likeness (QED) is 0.747. The molecular weight excluding hydrogens is 335 g/mol. The number of alkyl halides is 3. The standard InChI is InChI=1S/C15H9ClF3NO3/c16-8-3-4-11-9(6-8)10(21)7-13(23-11)14(22,15(17,18)19)12-2-1-5-20-12/h1-7,20,22H. The van der Waals surface area contributed by atoms with Crippen molar-refractivity contribution in [3.63, 3.8) is 0 Å². The van der Waals surface area contributed by atoms with Crippen LogP contribution in [0.5, 0.6) is 0 Å². The van der Waals surface area contributed by atoms with Gasteiger partial charge >= 0.3 is 6.18 Å². The maximum absolute atomic E-state index is 13.5. The van der Waals surface area contributed by atoms with E-state index in [4.69, 9.17) is 16.0 Å². The zero-order chi connectivity index (χ0) is 16.8. The molecule has 1 atom stereocenters. The fraction of sp³-hybridized carbons (Fsp3) is 0.133. The summed E-state index contributed by atoms with van der Waals surface area (Å²) < 4.78 is 45.7. The third-order valence-electron chi connectivity index (χ3n) is 3.44. The van der Waals surface area contributed by atoms with Crippen LogP contribution in [0.3, 0.4) is 0 Å². The summed E-state index contributed by atoms with van der Waals surface area (Å²) in [7, 11) is 0. The summed E-state index contributed by atoms with van der Waals surface area (Å²) in [4.78, 5) is 14.4. The Hall–Kier alpha value is -2.25. The first-order chi connectivity index (χ1) is 10.7. The minimum atomic E-state index is -5.10. The van der Waals surface area contributed by atoms with Crippen LogP contribution in [0, 0.1) is 0 Å². The van der Waals surface area contributed by atoms with Gasteiger partial charge in [0.05, 0.1) is 11.1 Å². The maximum atomic E-state index is 13.5. The summed E-state index contributed by atoms with van der Waals surface area (Å²) in [5.41, 5.74) is -4.87. The molecule has 120 valence electrons.